The summed E-state index contributed by atoms with van der Waals surface area (Å²) in [4.78, 5) is 24.1. The lowest BCUT2D eigenvalue weighted by Crippen LogP contribution is -2.13. The Morgan fingerprint density at radius 2 is 1.78 bits per heavy atom. The summed E-state index contributed by atoms with van der Waals surface area (Å²) in [5, 5.41) is 7.36. The first-order valence-electron chi connectivity index (χ1n) is 8.56. The van der Waals surface area contributed by atoms with Crippen molar-refractivity contribution >= 4 is 33.3 Å². The van der Waals surface area contributed by atoms with E-state index in [0.717, 1.165) is 21.4 Å². The van der Waals surface area contributed by atoms with Crippen LogP contribution in [0.25, 0.3) is 0 Å². The lowest BCUT2D eigenvalue weighted by Gasteiger charge is -2.09. The van der Waals surface area contributed by atoms with Crippen LogP contribution in [-0.2, 0) is 6.54 Å². The molecular weight excluding hydrogens is 406 g/mol. The Bertz CT molecular complexity index is 1020. The Hall–Kier alpha value is -2.73. The summed E-state index contributed by atoms with van der Waals surface area (Å²) in [7, 11) is 0. The molecule has 1 N–H and O–H groups in total. The minimum absolute atomic E-state index is 0.0378. The number of nitrogens with one attached hydrogen (secondary N) is 1. The largest absolute Gasteiger partial charge is 0.322 e. The van der Waals surface area contributed by atoms with Crippen LogP contribution in [0.5, 0.6) is 0 Å². The summed E-state index contributed by atoms with van der Waals surface area (Å²) in [5.41, 5.74) is 4.69. The molecule has 2 aromatic carbocycles. The Morgan fingerprint density at radius 3 is 2.44 bits per heavy atom. The van der Waals surface area contributed by atoms with Crippen molar-refractivity contribution in [3.05, 3.63) is 81.1 Å². The van der Waals surface area contributed by atoms with Gasteiger partial charge in [-0.1, -0.05) is 24.3 Å². The molecule has 0 radical (unpaired) electrons. The number of nitrogens with zero attached hydrogens (tertiary/aromatic N) is 2. The van der Waals surface area contributed by atoms with Crippen molar-refractivity contribution in [2.24, 2.45) is 0 Å². The molecule has 0 aliphatic carbocycles. The first kappa shape index (κ1) is 19.0. The zero-order valence-corrected chi connectivity index (χ0v) is 17.0. The number of ketones is 1. The van der Waals surface area contributed by atoms with Gasteiger partial charge in [0.25, 0.3) is 5.91 Å². The van der Waals surface area contributed by atoms with Crippen LogP contribution in [0.2, 0.25) is 0 Å². The van der Waals surface area contributed by atoms with Gasteiger partial charge < -0.3 is 5.32 Å². The molecule has 27 heavy (non-hydrogen) atoms. The number of Topliss-reactive ketones (excluding diaryl/α,β-unsaturated/α-hetero) is 1. The quantitative estimate of drug-likeness (QED) is 0.598. The number of hydrogen-bond acceptors (Lipinski definition) is 3. The van der Waals surface area contributed by atoms with Gasteiger partial charge in [0.05, 0.1) is 22.4 Å². The average molecular weight is 426 g/mol. The van der Waals surface area contributed by atoms with Gasteiger partial charge in [-0.2, -0.15) is 5.10 Å². The second kappa shape index (κ2) is 7.88. The normalized spacial score (nSPS) is 10.7. The van der Waals surface area contributed by atoms with E-state index >= 15 is 0 Å². The van der Waals surface area contributed by atoms with Gasteiger partial charge >= 0.3 is 0 Å². The molecule has 0 bridgehead atoms. The van der Waals surface area contributed by atoms with E-state index < -0.39 is 0 Å². The van der Waals surface area contributed by atoms with Crippen molar-refractivity contribution in [2.45, 2.75) is 27.3 Å². The summed E-state index contributed by atoms with van der Waals surface area (Å²) in [6, 6.07) is 14.4. The predicted octanol–water partition coefficient (Wildman–Crippen LogP) is 4.77. The molecule has 0 atom stereocenters. The second-order valence-electron chi connectivity index (χ2n) is 6.43. The van der Waals surface area contributed by atoms with Crippen molar-refractivity contribution in [1.29, 1.82) is 0 Å². The number of anilines is 1. The molecule has 0 unspecified atom stereocenters. The minimum Gasteiger partial charge on any atom is -0.322 e. The van der Waals surface area contributed by atoms with E-state index in [1.165, 1.54) is 6.92 Å². The van der Waals surface area contributed by atoms with Crippen molar-refractivity contribution in [1.82, 2.24) is 9.78 Å². The molecule has 6 heteroatoms. The molecule has 0 aliphatic rings. The van der Waals surface area contributed by atoms with E-state index in [-0.39, 0.29) is 11.7 Å². The van der Waals surface area contributed by atoms with Crippen LogP contribution in [0, 0.1) is 13.8 Å². The summed E-state index contributed by atoms with van der Waals surface area (Å²) >= 11 is 3.53. The lowest BCUT2D eigenvalue weighted by atomic mass is 10.1. The van der Waals surface area contributed by atoms with E-state index in [4.69, 9.17) is 0 Å². The number of aromatic nitrogens is 2. The highest BCUT2D eigenvalue weighted by atomic mass is 79.9. The Kier molecular flexibility index (Phi) is 5.56. The molecule has 3 rings (SSSR count). The van der Waals surface area contributed by atoms with Crippen LogP contribution in [-0.4, -0.2) is 21.5 Å². The van der Waals surface area contributed by atoms with E-state index in [1.54, 1.807) is 30.3 Å². The van der Waals surface area contributed by atoms with Crippen LogP contribution in [0.4, 0.5) is 5.69 Å². The number of amides is 1. The topological polar surface area (TPSA) is 64.0 Å². The van der Waals surface area contributed by atoms with E-state index in [9.17, 15) is 9.59 Å². The van der Waals surface area contributed by atoms with Crippen LogP contribution in [0.15, 0.2) is 53.0 Å². The van der Waals surface area contributed by atoms with Gasteiger partial charge in [0.1, 0.15) is 0 Å². The molecule has 1 aromatic heterocycles. The third-order valence-electron chi connectivity index (χ3n) is 4.34. The number of rotatable bonds is 5. The van der Waals surface area contributed by atoms with Gasteiger partial charge in [-0.25, -0.2) is 0 Å². The molecule has 0 saturated carbocycles. The Balaban J connectivity index is 1.78. The van der Waals surface area contributed by atoms with E-state index in [0.29, 0.717) is 23.4 Å². The maximum Gasteiger partial charge on any atom is 0.255 e. The first-order valence-corrected chi connectivity index (χ1v) is 9.35. The van der Waals surface area contributed by atoms with Crippen molar-refractivity contribution in [2.75, 3.05) is 5.32 Å². The molecule has 0 fully saturated rings. The zero-order chi connectivity index (χ0) is 19.6. The second-order valence-corrected chi connectivity index (χ2v) is 7.23. The molecule has 1 amide bonds. The fraction of sp³-hybridized carbons (Fsp3) is 0.190. The fourth-order valence-corrected chi connectivity index (χ4v) is 3.12. The molecule has 0 aliphatic heterocycles. The Morgan fingerprint density at radius 1 is 1.07 bits per heavy atom. The summed E-state index contributed by atoms with van der Waals surface area (Å²) < 4.78 is 2.91. The van der Waals surface area contributed by atoms with Crippen molar-refractivity contribution < 1.29 is 9.59 Å². The fourth-order valence-electron chi connectivity index (χ4n) is 2.83. The van der Waals surface area contributed by atoms with Gasteiger partial charge in [0, 0.05) is 16.8 Å². The lowest BCUT2D eigenvalue weighted by molar-refractivity contribution is 0.101. The number of carbonyl (C=O) groups excluding carboxylic acids is 2. The SMILES string of the molecule is CC(=O)c1cccc(NC(=O)c2cccc(Cn3nc(C)c(Br)c3C)c2)c1. The molecule has 0 saturated heterocycles. The van der Waals surface area contributed by atoms with E-state index in [2.05, 4.69) is 26.3 Å². The molecule has 138 valence electrons. The third kappa shape index (κ3) is 4.34. The minimum atomic E-state index is -0.216. The molecule has 3 aromatic rings. The van der Waals surface area contributed by atoms with Gasteiger partial charge in [-0.05, 0) is 66.5 Å². The zero-order valence-electron chi connectivity index (χ0n) is 15.4. The summed E-state index contributed by atoms with van der Waals surface area (Å²) in [6.07, 6.45) is 0. The van der Waals surface area contributed by atoms with Crippen molar-refractivity contribution in [3.63, 3.8) is 0 Å². The monoisotopic (exact) mass is 425 g/mol. The maximum atomic E-state index is 12.6. The summed E-state index contributed by atoms with van der Waals surface area (Å²) in [6.45, 7) is 6.04. The average Bonchev–Trinajstić information content (AvgIpc) is 2.89. The number of carbonyl (C=O) groups is 2. The van der Waals surface area contributed by atoms with Crippen LogP contribution in [0.3, 0.4) is 0 Å². The van der Waals surface area contributed by atoms with Crippen LogP contribution < -0.4 is 5.32 Å². The molecule has 0 spiro atoms. The highest BCUT2D eigenvalue weighted by Gasteiger charge is 2.11. The number of aryl methyl sites for hydroxylation is 1. The first-order chi connectivity index (χ1) is 12.8. The van der Waals surface area contributed by atoms with Crippen LogP contribution >= 0.6 is 15.9 Å². The highest BCUT2D eigenvalue weighted by molar-refractivity contribution is 9.10. The van der Waals surface area contributed by atoms with E-state index in [1.807, 2.05) is 36.7 Å². The molecule has 5 nitrogen and oxygen atoms in total. The predicted molar refractivity (Wildman–Crippen MR) is 109 cm³/mol. The maximum absolute atomic E-state index is 12.6. The summed E-state index contributed by atoms with van der Waals surface area (Å²) in [5.74, 6) is -0.253. The number of hydrogen-bond donors (Lipinski definition) is 1. The van der Waals surface area contributed by atoms with Gasteiger partial charge in [-0.3, -0.25) is 14.3 Å². The van der Waals surface area contributed by atoms with Gasteiger partial charge in [0.15, 0.2) is 5.78 Å². The van der Waals surface area contributed by atoms with Gasteiger partial charge in [0.2, 0.25) is 0 Å². The van der Waals surface area contributed by atoms with Crippen molar-refractivity contribution in [3.8, 4) is 0 Å². The molecule has 1 heterocycles. The third-order valence-corrected chi connectivity index (χ3v) is 5.49. The highest BCUT2D eigenvalue weighted by Crippen LogP contribution is 2.21. The number of benzene rings is 2. The van der Waals surface area contributed by atoms with Gasteiger partial charge in [-0.15, -0.1) is 0 Å². The Labute approximate surface area is 166 Å². The standard InChI is InChI=1S/C21H20BrN3O2/c1-13-20(22)14(2)25(24-13)12-16-6-4-8-18(10-16)21(27)23-19-9-5-7-17(11-19)15(3)26/h4-11H,12H2,1-3H3,(H,23,27). The smallest absolute Gasteiger partial charge is 0.255 e. The molecular formula is C21H20BrN3O2. The van der Waals surface area contributed by atoms with Crippen LogP contribution in [0.1, 0.15) is 44.6 Å². The number of halogens is 1.